The Bertz CT molecular complexity index is 1670. The van der Waals surface area contributed by atoms with Crippen molar-refractivity contribution in [2.75, 3.05) is 4.90 Å². The number of hydrogen-bond donors (Lipinski definition) is 0. The summed E-state index contributed by atoms with van der Waals surface area (Å²) in [6, 6.07) is 33.0. The first-order chi connectivity index (χ1) is 20.1. The van der Waals surface area contributed by atoms with Crippen LogP contribution in [0.4, 0.5) is 5.69 Å². The van der Waals surface area contributed by atoms with Crippen molar-refractivity contribution in [3.63, 3.8) is 0 Å². The van der Waals surface area contributed by atoms with Gasteiger partial charge in [0.05, 0.1) is 40.7 Å². The molecule has 3 heterocycles. The lowest BCUT2D eigenvalue weighted by atomic mass is 9.86. The number of anilines is 1. The van der Waals surface area contributed by atoms with Gasteiger partial charge in [0, 0.05) is 0 Å². The van der Waals surface area contributed by atoms with Crippen LogP contribution in [0.2, 0.25) is 0 Å². The highest BCUT2D eigenvalue weighted by molar-refractivity contribution is 6.24. The highest BCUT2D eigenvalue weighted by Gasteiger charge is 2.65. The van der Waals surface area contributed by atoms with Gasteiger partial charge in [0.15, 0.2) is 0 Å². The molecule has 0 radical (unpaired) electrons. The van der Waals surface area contributed by atoms with Crippen molar-refractivity contribution in [1.82, 2.24) is 10.0 Å². The molecule has 3 aliphatic rings. The fourth-order valence-corrected chi connectivity index (χ4v) is 6.39. The Morgan fingerprint density at radius 2 is 1.07 bits per heavy atom. The summed E-state index contributed by atoms with van der Waals surface area (Å²) in [5.41, 5.74) is 2.74. The first-order valence-electron chi connectivity index (χ1n) is 13.5. The normalized spacial score (nSPS) is 24.0. The third-order valence-electron chi connectivity index (χ3n) is 8.14. The van der Waals surface area contributed by atoms with Crippen LogP contribution in [0.1, 0.15) is 37.9 Å². The maximum absolute atomic E-state index is 14.2. The minimum Gasteiger partial charge on any atom is -0.274 e. The van der Waals surface area contributed by atoms with Gasteiger partial charge in [-0.3, -0.25) is 19.2 Å². The fraction of sp³-hybridized carbons (Fsp3) is 0.118. The standard InChI is InChI=1S/C34H25N3O4/c38-31-25-18-10-11-19-26(25)32(39)37(31)36-27(21-20-22-12-4-1-5-13-22)28-29(30(36)23-14-6-2-7-15-23)34(41)35(33(28)40)24-16-8-3-9-17-24/h1-21,27-30H/b21-20+/t27-,28-,29-,30+/m1/s1. The zero-order valence-electron chi connectivity index (χ0n) is 21.9. The minimum absolute atomic E-state index is 0.302. The van der Waals surface area contributed by atoms with Crippen LogP contribution in [0.25, 0.3) is 6.08 Å². The lowest BCUT2D eigenvalue weighted by Gasteiger charge is -2.37. The van der Waals surface area contributed by atoms with E-state index < -0.39 is 35.7 Å². The average molecular weight is 540 g/mol. The van der Waals surface area contributed by atoms with E-state index in [2.05, 4.69) is 0 Å². The first-order valence-corrected chi connectivity index (χ1v) is 13.5. The molecule has 0 spiro atoms. The molecule has 0 bridgehead atoms. The van der Waals surface area contributed by atoms with Crippen molar-refractivity contribution in [2.45, 2.75) is 12.1 Å². The molecule has 4 aromatic carbocycles. The number of carbonyl (C=O) groups excluding carboxylic acids is 4. The summed E-state index contributed by atoms with van der Waals surface area (Å²) >= 11 is 0. The van der Waals surface area contributed by atoms with Gasteiger partial charge in [0.1, 0.15) is 0 Å². The van der Waals surface area contributed by atoms with Gasteiger partial charge >= 0.3 is 0 Å². The number of fused-ring (bicyclic) bond motifs is 2. The molecular weight excluding hydrogens is 514 g/mol. The van der Waals surface area contributed by atoms with E-state index in [1.165, 1.54) is 4.90 Å². The Morgan fingerprint density at radius 1 is 0.561 bits per heavy atom. The summed E-state index contributed by atoms with van der Waals surface area (Å²) in [6.45, 7) is 0. The molecule has 7 rings (SSSR count). The second kappa shape index (κ2) is 9.80. The molecule has 7 nitrogen and oxygen atoms in total. The van der Waals surface area contributed by atoms with Gasteiger partial charge in [0.25, 0.3) is 11.8 Å². The highest BCUT2D eigenvalue weighted by atomic mass is 16.2. The van der Waals surface area contributed by atoms with E-state index in [4.69, 9.17) is 0 Å². The Balaban J connectivity index is 1.41. The number of rotatable bonds is 5. The van der Waals surface area contributed by atoms with E-state index in [9.17, 15) is 19.2 Å². The summed E-state index contributed by atoms with van der Waals surface area (Å²) in [5, 5.41) is 2.82. The van der Waals surface area contributed by atoms with E-state index in [0.717, 1.165) is 16.1 Å². The van der Waals surface area contributed by atoms with Crippen LogP contribution in [-0.4, -0.2) is 39.7 Å². The molecule has 0 aromatic heterocycles. The molecule has 200 valence electrons. The fourth-order valence-electron chi connectivity index (χ4n) is 6.39. The molecule has 2 fully saturated rings. The molecular formula is C34H25N3O4. The number of para-hydroxylation sites is 1. The monoisotopic (exact) mass is 539 g/mol. The molecule has 7 heteroatoms. The topological polar surface area (TPSA) is 78.0 Å². The lowest BCUT2D eigenvalue weighted by Crippen LogP contribution is -2.52. The molecule has 0 N–H and O–H groups in total. The average Bonchev–Trinajstić information content (AvgIpc) is 3.58. The maximum Gasteiger partial charge on any atom is 0.276 e. The number of benzene rings is 4. The molecule has 3 aliphatic heterocycles. The van der Waals surface area contributed by atoms with Crippen molar-refractivity contribution in [3.8, 4) is 0 Å². The van der Waals surface area contributed by atoms with Crippen molar-refractivity contribution in [1.29, 1.82) is 0 Å². The van der Waals surface area contributed by atoms with Gasteiger partial charge in [0.2, 0.25) is 11.8 Å². The summed E-state index contributed by atoms with van der Waals surface area (Å²) < 4.78 is 0. The SMILES string of the molecule is O=C1[C@@H]2[C@H](C(=O)N1c1ccccc1)[C@@H](/C=C/c1ccccc1)N(N1C(=O)c3ccccc3C1=O)[C@H]2c1ccccc1. The van der Waals surface area contributed by atoms with Gasteiger partial charge in [-0.15, -0.1) is 0 Å². The van der Waals surface area contributed by atoms with Gasteiger partial charge in [-0.25, -0.2) is 9.91 Å². The molecule has 0 unspecified atom stereocenters. The molecule has 4 atom stereocenters. The Hall–Kier alpha value is -5.14. The molecule has 0 aliphatic carbocycles. The van der Waals surface area contributed by atoms with Crippen LogP contribution in [0.5, 0.6) is 0 Å². The summed E-state index contributed by atoms with van der Waals surface area (Å²) in [6.07, 6.45) is 3.72. The predicted molar refractivity (Wildman–Crippen MR) is 153 cm³/mol. The van der Waals surface area contributed by atoms with Gasteiger partial charge < -0.3 is 0 Å². The molecule has 4 amide bonds. The molecule has 4 aromatic rings. The number of imide groups is 2. The maximum atomic E-state index is 14.2. The van der Waals surface area contributed by atoms with E-state index in [1.807, 2.05) is 78.9 Å². The van der Waals surface area contributed by atoms with Crippen molar-refractivity contribution in [2.24, 2.45) is 11.8 Å². The number of amides is 4. The predicted octanol–water partition coefficient (Wildman–Crippen LogP) is 5.14. The molecule has 41 heavy (non-hydrogen) atoms. The highest BCUT2D eigenvalue weighted by Crippen LogP contribution is 2.52. The number of hydrogen-bond acceptors (Lipinski definition) is 5. The lowest BCUT2D eigenvalue weighted by molar-refractivity contribution is -0.125. The third-order valence-corrected chi connectivity index (χ3v) is 8.14. The number of hydrazine groups is 1. The Morgan fingerprint density at radius 3 is 1.68 bits per heavy atom. The van der Waals surface area contributed by atoms with Crippen molar-refractivity contribution >= 4 is 35.4 Å². The quantitative estimate of drug-likeness (QED) is 0.328. The molecule has 2 saturated heterocycles. The van der Waals surface area contributed by atoms with Crippen molar-refractivity contribution in [3.05, 3.63) is 144 Å². The van der Waals surface area contributed by atoms with E-state index in [1.54, 1.807) is 53.5 Å². The van der Waals surface area contributed by atoms with Gasteiger partial charge in [-0.05, 0) is 35.4 Å². The summed E-state index contributed by atoms with van der Waals surface area (Å²) in [4.78, 5) is 57.3. The zero-order chi connectivity index (χ0) is 28.1. The summed E-state index contributed by atoms with van der Waals surface area (Å²) in [5.74, 6) is -3.28. The Kier molecular flexibility index (Phi) is 5.94. The van der Waals surface area contributed by atoms with Gasteiger partial charge in [-0.2, -0.15) is 5.01 Å². The van der Waals surface area contributed by atoms with Crippen LogP contribution in [0, 0.1) is 11.8 Å². The third kappa shape index (κ3) is 3.85. The van der Waals surface area contributed by atoms with Crippen LogP contribution < -0.4 is 4.90 Å². The van der Waals surface area contributed by atoms with Crippen LogP contribution >= 0.6 is 0 Å². The number of nitrogens with zero attached hydrogens (tertiary/aromatic N) is 3. The van der Waals surface area contributed by atoms with E-state index in [-0.39, 0.29) is 11.8 Å². The van der Waals surface area contributed by atoms with Crippen LogP contribution in [0.3, 0.4) is 0 Å². The molecule has 0 saturated carbocycles. The van der Waals surface area contributed by atoms with Crippen LogP contribution in [0.15, 0.2) is 121 Å². The largest absolute Gasteiger partial charge is 0.276 e. The second-order valence-corrected chi connectivity index (χ2v) is 10.4. The number of carbonyl (C=O) groups is 4. The minimum atomic E-state index is -0.822. The van der Waals surface area contributed by atoms with Gasteiger partial charge in [-0.1, -0.05) is 103 Å². The van der Waals surface area contributed by atoms with Crippen LogP contribution in [-0.2, 0) is 9.59 Å². The zero-order valence-corrected chi connectivity index (χ0v) is 21.9. The van der Waals surface area contributed by atoms with Crippen molar-refractivity contribution < 1.29 is 19.2 Å². The Labute approximate surface area is 236 Å². The second-order valence-electron chi connectivity index (χ2n) is 10.4. The van der Waals surface area contributed by atoms with E-state index >= 15 is 0 Å². The first kappa shape index (κ1) is 24.9. The van der Waals surface area contributed by atoms with E-state index in [0.29, 0.717) is 16.8 Å². The summed E-state index contributed by atoms with van der Waals surface area (Å²) in [7, 11) is 0. The smallest absolute Gasteiger partial charge is 0.274 e.